The molecule has 7 nitrogen and oxygen atoms in total. The minimum absolute atomic E-state index is 0.0215. The lowest BCUT2D eigenvalue weighted by molar-refractivity contribution is -0.123. The molecule has 0 aliphatic carbocycles. The van der Waals surface area contributed by atoms with Gasteiger partial charge in [-0.05, 0) is 95.3 Å². The van der Waals surface area contributed by atoms with Crippen LogP contribution in [0.2, 0.25) is 0 Å². The summed E-state index contributed by atoms with van der Waals surface area (Å²) in [6.07, 6.45) is 1.91. The maximum atomic E-state index is 13.0. The second-order valence-corrected chi connectivity index (χ2v) is 10.7. The Morgan fingerprint density at radius 3 is 2.23 bits per heavy atom. The van der Waals surface area contributed by atoms with Gasteiger partial charge >= 0.3 is 0 Å². The monoisotopic (exact) mass is 460 g/mol. The number of benzene rings is 1. The van der Waals surface area contributed by atoms with Crippen LogP contribution in [0.25, 0.3) is 11.8 Å². The number of carbonyl (C=O) groups excluding carboxylic acids is 1. The van der Waals surface area contributed by atoms with E-state index in [2.05, 4.69) is 4.99 Å². The number of hydrogen-bond donors (Lipinski definition) is 1. The van der Waals surface area contributed by atoms with Crippen molar-refractivity contribution in [1.29, 1.82) is 0 Å². The van der Waals surface area contributed by atoms with Crippen LogP contribution in [0.1, 0.15) is 44.6 Å². The van der Waals surface area contributed by atoms with Crippen LogP contribution in [-0.4, -0.2) is 41.0 Å². The van der Waals surface area contributed by atoms with E-state index >= 15 is 0 Å². The molecule has 0 spiro atoms. The topological polar surface area (TPSA) is 97.8 Å². The zero-order chi connectivity index (χ0) is 23.1. The van der Waals surface area contributed by atoms with Crippen molar-refractivity contribution >= 4 is 38.9 Å². The second-order valence-electron chi connectivity index (χ2n) is 8.09. The highest BCUT2D eigenvalue weighted by Crippen LogP contribution is 2.35. The Kier molecular flexibility index (Phi) is 6.50. The molecule has 1 aromatic heterocycles. The van der Waals surface area contributed by atoms with Crippen LogP contribution in [0.15, 0.2) is 45.1 Å². The maximum Gasteiger partial charge on any atom is 0.266 e. The van der Waals surface area contributed by atoms with Crippen molar-refractivity contribution in [3.8, 4) is 5.69 Å². The summed E-state index contributed by atoms with van der Waals surface area (Å²) in [5, 5.41) is 5.93. The van der Waals surface area contributed by atoms with E-state index < -0.39 is 10.0 Å². The van der Waals surface area contributed by atoms with Crippen molar-refractivity contribution in [2.24, 2.45) is 10.1 Å². The molecule has 1 saturated heterocycles. The molecule has 0 radical (unpaired) electrons. The highest BCUT2D eigenvalue weighted by atomic mass is 32.2. The van der Waals surface area contributed by atoms with Crippen LogP contribution >= 0.6 is 11.8 Å². The average molecular weight is 461 g/mol. The molecule has 1 amide bonds. The van der Waals surface area contributed by atoms with Crippen molar-refractivity contribution in [2.45, 2.75) is 58.5 Å². The molecule has 0 unspecified atom stereocenters. The molecule has 9 heteroatoms. The lowest BCUT2D eigenvalue weighted by Crippen LogP contribution is -2.35. The van der Waals surface area contributed by atoms with Crippen molar-refractivity contribution in [3.05, 3.63) is 52.2 Å². The highest BCUT2D eigenvalue weighted by molar-refractivity contribution is 8.18. The Hall–Kier alpha value is -2.36. The molecule has 2 aromatic rings. The Morgan fingerprint density at radius 1 is 1.10 bits per heavy atom. The first-order valence-corrected chi connectivity index (χ1v) is 12.4. The van der Waals surface area contributed by atoms with Gasteiger partial charge in [-0.25, -0.2) is 13.6 Å². The van der Waals surface area contributed by atoms with Crippen LogP contribution in [0.4, 0.5) is 0 Å². The zero-order valence-electron chi connectivity index (χ0n) is 18.6. The first kappa shape index (κ1) is 23.3. The van der Waals surface area contributed by atoms with Gasteiger partial charge in [0, 0.05) is 29.2 Å². The standard InChI is InChI=1S/C22H28N4O3S2/c1-13(2)24-22-25(14(3)4)21(27)20(30-22)12-17-11-15(5)26(16(17)6)18-7-9-19(10-8-18)31(23,28)29/h7-14H,1-6H3,(H2,23,28,29)/b20-12+,24-22?. The van der Waals surface area contributed by atoms with Crippen molar-refractivity contribution < 1.29 is 13.2 Å². The molecule has 1 aliphatic heterocycles. The van der Waals surface area contributed by atoms with Crippen LogP contribution in [0.5, 0.6) is 0 Å². The molecule has 0 saturated carbocycles. The van der Waals surface area contributed by atoms with E-state index in [1.165, 1.54) is 23.9 Å². The van der Waals surface area contributed by atoms with E-state index in [1.54, 1.807) is 17.0 Å². The fraction of sp³-hybridized carbons (Fsp3) is 0.364. The molecule has 3 rings (SSSR count). The summed E-state index contributed by atoms with van der Waals surface area (Å²) < 4.78 is 25.1. The molecule has 31 heavy (non-hydrogen) atoms. The third kappa shape index (κ3) is 4.78. The van der Waals surface area contributed by atoms with E-state index in [9.17, 15) is 13.2 Å². The molecular formula is C22H28N4O3S2. The van der Waals surface area contributed by atoms with Gasteiger partial charge in [0.05, 0.1) is 9.80 Å². The molecule has 1 aliphatic rings. The third-order valence-corrected chi connectivity index (χ3v) is 6.83. The number of carbonyl (C=O) groups is 1. The van der Waals surface area contributed by atoms with Gasteiger partial charge in [0.1, 0.15) is 0 Å². The van der Waals surface area contributed by atoms with Gasteiger partial charge < -0.3 is 4.57 Å². The van der Waals surface area contributed by atoms with Gasteiger partial charge in [-0.1, -0.05) is 0 Å². The number of aliphatic imine (C=N–C) groups is 1. The van der Waals surface area contributed by atoms with Crippen molar-refractivity contribution in [3.63, 3.8) is 0 Å². The van der Waals surface area contributed by atoms with Gasteiger partial charge in [-0.3, -0.25) is 14.7 Å². The van der Waals surface area contributed by atoms with E-state index in [0.29, 0.717) is 4.91 Å². The summed E-state index contributed by atoms with van der Waals surface area (Å²) in [4.78, 5) is 20.1. The van der Waals surface area contributed by atoms with Crippen molar-refractivity contribution in [1.82, 2.24) is 9.47 Å². The number of primary sulfonamides is 1. The Bertz CT molecular complexity index is 1170. The van der Waals surface area contributed by atoms with E-state index in [-0.39, 0.29) is 22.9 Å². The van der Waals surface area contributed by atoms with Crippen LogP contribution < -0.4 is 5.14 Å². The average Bonchev–Trinajstić information content (AvgIpc) is 3.10. The first-order chi connectivity index (χ1) is 14.4. The minimum Gasteiger partial charge on any atom is -0.318 e. The minimum atomic E-state index is -3.74. The lowest BCUT2D eigenvalue weighted by Gasteiger charge is -2.20. The van der Waals surface area contributed by atoms with E-state index in [4.69, 9.17) is 5.14 Å². The number of aromatic nitrogens is 1. The smallest absolute Gasteiger partial charge is 0.266 e. The molecule has 0 atom stereocenters. The number of hydrogen-bond acceptors (Lipinski definition) is 5. The fourth-order valence-corrected chi connectivity index (χ4v) is 5.25. The third-order valence-electron chi connectivity index (χ3n) is 4.90. The summed E-state index contributed by atoms with van der Waals surface area (Å²) in [7, 11) is -3.74. The molecular weight excluding hydrogens is 432 g/mol. The summed E-state index contributed by atoms with van der Waals surface area (Å²) in [6.45, 7) is 11.9. The summed E-state index contributed by atoms with van der Waals surface area (Å²) >= 11 is 1.40. The molecule has 2 N–H and O–H groups in total. The van der Waals surface area contributed by atoms with E-state index in [0.717, 1.165) is 27.8 Å². The van der Waals surface area contributed by atoms with Gasteiger partial charge in [0.15, 0.2) is 5.17 Å². The van der Waals surface area contributed by atoms with Gasteiger partial charge in [0.2, 0.25) is 10.0 Å². The number of nitrogens with two attached hydrogens (primary N) is 1. The Morgan fingerprint density at radius 2 is 1.71 bits per heavy atom. The molecule has 2 heterocycles. The SMILES string of the molecule is Cc1cc(/C=C2/SC(=NC(C)C)N(C(C)C)C2=O)c(C)n1-c1ccc(S(N)(=O)=O)cc1. The zero-order valence-corrected chi connectivity index (χ0v) is 20.2. The lowest BCUT2D eigenvalue weighted by atomic mass is 10.2. The number of aryl methyl sites for hydroxylation is 1. The summed E-state index contributed by atoms with van der Waals surface area (Å²) in [5.74, 6) is -0.0401. The Labute approximate surface area is 188 Å². The largest absolute Gasteiger partial charge is 0.318 e. The molecule has 1 aromatic carbocycles. The van der Waals surface area contributed by atoms with Crippen LogP contribution in [-0.2, 0) is 14.8 Å². The number of rotatable bonds is 5. The Balaban J connectivity index is 2.01. The first-order valence-electron chi connectivity index (χ1n) is 10.0. The van der Waals surface area contributed by atoms with Gasteiger partial charge in [-0.15, -0.1) is 0 Å². The quantitative estimate of drug-likeness (QED) is 0.686. The predicted octanol–water partition coefficient (Wildman–Crippen LogP) is 3.83. The molecule has 1 fully saturated rings. The predicted molar refractivity (Wildman–Crippen MR) is 127 cm³/mol. The highest BCUT2D eigenvalue weighted by Gasteiger charge is 2.35. The normalized spacial score (nSPS) is 17.7. The molecule has 0 bridgehead atoms. The fourth-order valence-electron chi connectivity index (χ4n) is 3.51. The number of amidine groups is 1. The maximum absolute atomic E-state index is 13.0. The van der Waals surface area contributed by atoms with E-state index in [1.807, 2.05) is 58.3 Å². The summed E-state index contributed by atoms with van der Waals surface area (Å²) in [6, 6.07) is 8.57. The molecule has 166 valence electrons. The number of sulfonamides is 1. The number of thioether (sulfide) groups is 1. The second kappa shape index (κ2) is 8.64. The number of nitrogens with zero attached hydrogens (tertiary/aromatic N) is 3. The number of amides is 1. The van der Waals surface area contributed by atoms with Crippen molar-refractivity contribution in [2.75, 3.05) is 0 Å². The van der Waals surface area contributed by atoms with Gasteiger partial charge in [0.25, 0.3) is 5.91 Å². The van der Waals surface area contributed by atoms with Crippen LogP contribution in [0.3, 0.4) is 0 Å². The van der Waals surface area contributed by atoms with Gasteiger partial charge in [-0.2, -0.15) is 0 Å². The van der Waals surface area contributed by atoms with Crippen LogP contribution in [0, 0.1) is 13.8 Å². The summed E-state index contributed by atoms with van der Waals surface area (Å²) in [5.41, 5.74) is 3.67.